The van der Waals surface area contributed by atoms with Crippen LogP contribution in [0.1, 0.15) is 38.5 Å². The fourth-order valence-corrected chi connectivity index (χ4v) is 3.31. The van der Waals surface area contributed by atoms with E-state index in [2.05, 4.69) is 31.0 Å². The average molecular weight is 484 g/mol. The highest BCUT2D eigenvalue weighted by molar-refractivity contribution is 9.10. The Morgan fingerprint density at radius 3 is 2.71 bits per heavy atom. The first-order valence-corrected chi connectivity index (χ1v) is 9.76. The maximum Gasteiger partial charge on any atom is 0.407 e. The molecule has 0 saturated heterocycles. The van der Waals surface area contributed by atoms with E-state index in [0.717, 1.165) is 5.56 Å². The maximum absolute atomic E-state index is 12.3. The van der Waals surface area contributed by atoms with Gasteiger partial charge in [0.25, 0.3) is 0 Å². The van der Waals surface area contributed by atoms with Crippen molar-refractivity contribution in [3.8, 4) is 0 Å². The average Bonchev–Trinajstić information content (AvgIpc) is 2.82. The topological polar surface area (TPSA) is 73.6 Å². The number of ether oxygens (including phenoxy) is 2. The number of aryl methyl sites for hydroxylation is 1. The number of halogens is 4. The molecule has 0 radical (unpaired) electrons. The van der Waals surface area contributed by atoms with Crippen molar-refractivity contribution >= 4 is 44.7 Å². The van der Waals surface area contributed by atoms with Gasteiger partial charge < -0.3 is 19.2 Å². The lowest BCUT2D eigenvalue weighted by atomic mass is 10.1. The van der Waals surface area contributed by atoms with Gasteiger partial charge in [0.1, 0.15) is 22.0 Å². The second-order valence-corrected chi connectivity index (χ2v) is 8.43. The monoisotopic (exact) mass is 482 g/mol. The SMILES string of the molecule is Cc1cc(Cl)nc2c(Br)c(CC(CCOC(F)F)NC(=O)OC(C)(C)C)oc12. The maximum atomic E-state index is 12.3. The van der Waals surface area contributed by atoms with Crippen molar-refractivity contribution in [2.75, 3.05) is 6.61 Å². The molecule has 6 nitrogen and oxygen atoms in total. The Labute approximate surface area is 175 Å². The molecule has 1 N–H and O–H groups in total. The van der Waals surface area contributed by atoms with Crippen LogP contribution in [0.15, 0.2) is 15.0 Å². The highest BCUT2D eigenvalue weighted by atomic mass is 79.9. The van der Waals surface area contributed by atoms with E-state index in [-0.39, 0.29) is 19.4 Å². The zero-order chi connectivity index (χ0) is 21.1. The number of hydrogen-bond donors (Lipinski definition) is 1. The summed E-state index contributed by atoms with van der Waals surface area (Å²) >= 11 is 9.45. The van der Waals surface area contributed by atoms with E-state index >= 15 is 0 Å². The molecule has 1 amide bonds. The molecule has 0 aromatic carbocycles. The van der Waals surface area contributed by atoms with Gasteiger partial charge >= 0.3 is 12.7 Å². The lowest BCUT2D eigenvalue weighted by molar-refractivity contribution is -0.130. The zero-order valence-electron chi connectivity index (χ0n) is 15.9. The predicted octanol–water partition coefficient (Wildman–Crippen LogP) is 5.62. The van der Waals surface area contributed by atoms with Crippen LogP contribution in [0.3, 0.4) is 0 Å². The minimum absolute atomic E-state index is 0.139. The number of nitrogens with one attached hydrogen (secondary N) is 1. The van der Waals surface area contributed by atoms with Crippen molar-refractivity contribution in [2.24, 2.45) is 0 Å². The summed E-state index contributed by atoms with van der Waals surface area (Å²) in [5, 5.41) is 3.01. The number of alkyl halides is 2. The van der Waals surface area contributed by atoms with Crippen molar-refractivity contribution in [3.05, 3.63) is 27.0 Å². The second-order valence-electron chi connectivity index (χ2n) is 7.25. The van der Waals surface area contributed by atoms with Gasteiger partial charge in [0, 0.05) is 12.5 Å². The Morgan fingerprint density at radius 1 is 1.43 bits per heavy atom. The minimum atomic E-state index is -2.88. The van der Waals surface area contributed by atoms with Crippen LogP contribution >= 0.6 is 27.5 Å². The van der Waals surface area contributed by atoms with Crippen LogP contribution in [0, 0.1) is 6.92 Å². The Kier molecular flexibility index (Phi) is 7.64. The first kappa shape index (κ1) is 22.8. The van der Waals surface area contributed by atoms with Crippen LogP contribution in [0.2, 0.25) is 5.15 Å². The van der Waals surface area contributed by atoms with Crippen LogP contribution in [0.5, 0.6) is 0 Å². The van der Waals surface area contributed by atoms with Gasteiger partial charge in [0.15, 0.2) is 5.58 Å². The number of pyridine rings is 1. The van der Waals surface area contributed by atoms with Gasteiger partial charge in [-0.3, -0.25) is 0 Å². The molecule has 0 aliphatic carbocycles. The van der Waals surface area contributed by atoms with Gasteiger partial charge in [0.05, 0.1) is 11.1 Å². The normalized spacial score (nSPS) is 13.2. The number of aromatic nitrogens is 1. The van der Waals surface area contributed by atoms with Gasteiger partial charge in [0.2, 0.25) is 0 Å². The van der Waals surface area contributed by atoms with Crippen molar-refractivity contribution < 1.29 is 27.5 Å². The summed E-state index contributed by atoms with van der Waals surface area (Å²) in [4.78, 5) is 16.4. The largest absolute Gasteiger partial charge is 0.458 e. The number of furan rings is 1. The quantitative estimate of drug-likeness (QED) is 0.518. The lowest BCUT2D eigenvalue weighted by Gasteiger charge is -2.23. The molecule has 0 aliphatic rings. The van der Waals surface area contributed by atoms with Crippen molar-refractivity contribution in [1.82, 2.24) is 10.3 Å². The number of carbonyl (C=O) groups excluding carboxylic acids is 1. The molecule has 2 aromatic heterocycles. The fourth-order valence-electron chi connectivity index (χ4n) is 2.55. The molecule has 0 fully saturated rings. The van der Waals surface area contributed by atoms with Crippen molar-refractivity contribution in [3.63, 3.8) is 0 Å². The van der Waals surface area contributed by atoms with Gasteiger partial charge in [-0.25, -0.2) is 9.78 Å². The molecule has 0 saturated carbocycles. The van der Waals surface area contributed by atoms with Crippen molar-refractivity contribution in [2.45, 2.75) is 58.8 Å². The molecule has 1 atom stereocenters. The molecule has 10 heteroatoms. The van der Waals surface area contributed by atoms with Crippen LogP contribution in [0.4, 0.5) is 13.6 Å². The first-order chi connectivity index (χ1) is 13.0. The summed E-state index contributed by atoms with van der Waals surface area (Å²) in [6.07, 6.45) is -0.292. The van der Waals surface area contributed by atoms with Crippen LogP contribution < -0.4 is 5.32 Å². The van der Waals surface area contributed by atoms with Crippen molar-refractivity contribution in [1.29, 1.82) is 0 Å². The summed E-state index contributed by atoms with van der Waals surface area (Å²) in [5.74, 6) is 0.506. The first-order valence-electron chi connectivity index (χ1n) is 8.59. The molecule has 0 bridgehead atoms. The third-order valence-electron chi connectivity index (χ3n) is 3.67. The van der Waals surface area contributed by atoms with E-state index in [1.165, 1.54) is 0 Å². The Hall–Kier alpha value is -1.45. The van der Waals surface area contributed by atoms with E-state index in [1.54, 1.807) is 26.8 Å². The number of alkyl carbamates (subject to hydrolysis) is 1. The number of carbonyl (C=O) groups is 1. The molecule has 1 unspecified atom stereocenters. The molecule has 28 heavy (non-hydrogen) atoms. The summed E-state index contributed by atoms with van der Waals surface area (Å²) < 4.78 is 40.6. The van der Waals surface area contributed by atoms with Crippen LogP contribution in [-0.4, -0.2) is 35.9 Å². The van der Waals surface area contributed by atoms with Gasteiger partial charge in [-0.05, 0) is 61.7 Å². The smallest absolute Gasteiger partial charge is 0.407 e. The Balaban J connectivity index is 2.21. The van der Waals surface area contributed by atoms with Gasteiger partial charge in [-0.15, -0.1) is 0 Å². The number of amides is 1. The standard InChI is InChI=1S/C18H22BrClF2N2O4/c1-9-7-12(20)24-14-13(19)11(27-15(9)14)8-10(5-6-26-16(21)22)23-17(25)28-18(2,3)4/h7,10,16H,5-6,8H2,1-4H3,(H,23,25). The molecule has 0 spiro atoms. The lowest BCUT2D eigenvalue weighted by Crippen LogP contribution is -2.41. The molecule has 2 rings (SSSR count). The van der Waals surface area contributed by atoms with Crippen LogP contribution in [-0.2, 0) is 15.9 Å². The number of nitrogens with zero attached hydrogens (tertiary/aromatic N) is 1. The van der Waals surface area contributed by atoms with E-state index in [1.807, 2.05) is 6.92 Å². The zero-order valence-corrected chi connectivity index (χ0v) is 18.3. The minimum Gasteiger partial charge on any atom is -0.458 e. The molecular formula is C18H22BrClF2N2O4. The third-order valence-corrected chi connectivity index (χ3v) is 4.68. The Morgan fingerprint density at radius 2 is 2.11 bits per heavy atom. The number of hydrogen-bond acceptors (Lipinski definition) is 5. The predicted molar refractivity (Wildman–Crippen MR) is 105 cm³/mol. The Bertz CT molecular complexity index is 839. The summed E-state index contributed by atoms with van der Waals surface area (Å²) in [6.45, 7) is 3.91. The van der Waals surface area contributed by atoms with Gasteiger partial charge in [-0.2, -0.15) is 8.78 Å². The summed E-state index contributed by atoms with van der Waals surface area (Å²) in [5.41, 5.74) is 1.23. The molecule has 2 heterocycles. The summed E-state index contributed by atoms with van der Waals surface area (Å²) in [6, 6.07) is 1.12. The highest BCUT2D eigenvalue weighted by Crippen LogP contribution is 2.33. The van der Waals surface area contributed by atoms with Gasteiger partial charge in [-0.1, -0.05) is 11.6 Å². The third kappa shape index (κ3) is 6.56. The van der Waals surface area contributed by atoms with E-state index in [9.17, 15) is 13.6 Å². The molecule has 2 aromatic rings. The summed E-state index contributed by atoms with van der Waals surface area (Å²) in [7, 11) is 0. The van der Waals surface area contributed by atoms with Crippen LogP contribution in [0.25, 0.3) is 11.1 Å². The van der Waals surface area contributed by atoms with E-state index in [0.29, 0.717) is 26.5 Å². The fraction of sp³-hybridized carbons (Fsp3) is 0.556. The van der Waals surface area contributed by atoms with E-state index < -0.39 is 24.3 Å². The molecule has 156 valence electrons. The van der Waals surface area contributed by atoms with E-state index in [4.69, 9.17) is 20.8 Å². The molecule has 0 aliphatic heterocycles. The molecular weight excluding hydrogens is 462 g/mol. The number of fused-ring (bicyclic) bond motifs is 1. The second kappa shape index (κ2) is 9.37. The highest BCUT2D eigenvalue weighted by Gasteiger charge is 2.24. The number of rotatable bonds is 7.